The minimum absolute atomic E-state index is 0.241. The Morgan fingerprint density at radius 2 is 2.24 bits per heavy atom. The highest BCUT2D eigenvalue weighted by atomic mass is 79.9. The largest absolute Gasteiger partial charge is 0.466 e. The lowest BCUT2D eigenvalue weighted by atomic mass is 10.1. The highest BCUT2D eigenvalue weighted by Crippen LogP contribution is 2.33. The molecule has 0 fully saturated rings. The Hall–Kier alpha value is -1.49. The monoisotopic (exact) mass is 298 g/mol. The van der Waals surface area contributed by atoms with Crippen molar-refractivity contribution in [2.24, 2.45) is 0 Å². The van der Waals surface area contributed by atoms with E-state index in [9.17, 15) is 4.79 Å². The van der Waals surface area contributed by atoms with E-state index >= 15 is 0 Å². The first kappa shape index (κ1) is 12.0. The minimum atomic E-state index is -0.348. The zero-order valence-electron chi connectivity index (χ0n) is 9.23. The quantitative estimate of drug-likeness (QED) is 0.488. The molecule has 0 unspecified atom stereocenters. The number of rotatable bonds is 3. The van der Waals surface area contributed by atoms with Crippen LogP contribution in [0.3, 0.4) is 0 Å². The number of halogens is 1. The van der Waals surface area contributed by atoms with Gasteiger partial charge in [-0.2, -0.15) is 0 Å². The molecule has 4 nitrogen and oxygen atoms in total. The van der Waals surface area contributed by atoms with Crippen LogP contribution in [0.4, 0.5) is 0 Å². The minimum Gasteiger partial charge on any atom is -0.466 e. The van der Waals surface area contributed by atoms with Crippen LogP contribution in [0.1, 0.15) is 5.56 Å². The van der Waals surface area contributed by atoms with Gasteiger partial charge >= 0.3 is 5.97 Å². The van der Waals surface area contributed by atoms with E-state index in [1.54, 1.807) is 6.08 Å². The van der Waals surface area contributed by atoms with Crippen LogP contribution in [0, 0.1) is 0 Å². The Morgan fingerprint density at radius 3 is 2.94 bits per heavy atom. The van der Waals surface area contributed by atoms with Gasteiger partial charge in [-0.25, -0.2) is 4.79 Å². The Labute approximate surface area is 107 Å². The fourth-order valence-corrected chi connectivity index (χ4v) is 1.88. The van der Waals surface area contributed by atoms with Crippen LogP contribution in [-0.4, -0.2) is 25.2 Å². The number of hydrogen-bond donors (Lipinski definition) is 0. The predicted molar refractivity (Wildman–Crippen MR) is 66.4 cm³/mol. The van der Waals surface area contributed by atoms with Gasteiger partial charge in [0.1, 0.15) is 0 Å². The second-order valence-electron chi connectivity index (χ2n) is 3.41. The number of methoxy groups -OCH3 is 1. The second kappa shape index (κ2) is 5.23. The van der Waals surface area contributed by atoms with Crippen LogP contribution >= 0.6 is 15.9 Å². The summed E-state index contributed by atoms with van der Waals surface area (Å²) in [4.78, 5) is 11.4. The number of fused-ring (bicyclic) bond motifs is 1. The summed E-state index contributed by atoms with van der Waals surface area (Å²) >= 11 is 3.25. The van der Waals surface area contributed by atoms with E-state index in [1.807, 2.05) is 18.2 Å². The molecule has 0 bridgehead atoms. The van der Waals surface area contributed by atoms with Gasteiger partial charge in [0, 0.05) is 10.9 Å². The summed E-state index contributed by atoms with van der Waals surface area (Å²) in [6.45, 7) is 0.241. The Bertz CT molecular complexity index is 468. The normalized spacial score (nSPS) is 13.6. The first-order valence-corrected chi connectivity index (χ1v) is 6.11. The van der Waals surface area contributed by atoms with Crippen LogP contribution in [0.25, 0.3) is 6.08 Å². The van der Waals surface area contributed by atoms with Gasteiger partial charge in [-0.3, -0.25) is 0 Å². The third kappa shape index (κ3) is 2.61. The standard InChI is InChI=1S/C12H11BrO4/c1-15-12(14)9(6-13)4-8-2-3-10-11(5-8)17-7-16-10/h2-5H,6-7H2,1H3/b9-4+. The van der Waals surface area contributed by atoms with Gasteiger partial charge in [-0.05, 0) is 23.8 Å². The first-order valence-electron chi connectivity index (χ1n) is 4.99. The van der Waals surface area contributed by atoms with E-state index in [4.69, 9.17) is 9.47 Å². The Morgan fingerprint density at radius 1 is 1.47 bits per heavy atom. The van der Waals surface area contributed by atoms with E-state index in [2.05, 4.69) is 20.7 Å². The third-order valence-electron chi connectivity index (χ3n) is 2.33. The zero-order valence-corrected chi connectivity index (χ0v) is 10.8. The van der Waals surface area contributed by atoms with Gasteiger partial charge < -0.3 is 14.2 Å². The van der Waals surface area contributed by atoms with Crippen molar-refractivity contribution in [3.8, 4) is 11.5 Å². The predicted octanol–water partition coefficient (Wildman–Crippen LogP) is 2.37. The number of esters is 1. The van der Waals surface area contributed by atoms with E-state index < -0.39 is 0 Å². The van der Waals surface area contributed by atoms with E-state index in [-0.39, 0.29) is 12.8 Å². The summed E-state index contributed by atoms with van der Waals surface area (Å²) in [7, 11) is 1.36. The third-order valence-corrected chi connectivity index (χ3v) is 2.93. The number of ether oxygens (including phenoxy) is 3. The van der Waals surface area contributed by atoms with Gasteiger partial charge in [0.05, 0.1) is 7.11 Å². The van der Waals surface area contributed by atoms with Crippen molar-refractivity contribution >= 4 is 28.0 Å². The van der Waals surface area contributed by atoms with Crippen LogP contribution in [0.5, 0.6) is 11.5 Å². The summed E-state index contributed by atoms with van der Waals surface area (Å²) in [5, 5.41) is 0.439. The van der Waals surface area contributed by atoms with E-state index in [1.165, 1.54) is 7.11 Å². The van der Waals surface area contributed by atoms with Crippen LogP contribution in [0.2, 0.25) is 0 Å². The number of carbonyl (C=O) groups excluding carboxylic acids is 1. The van der Waals surface area contributed by atoms with Crippen molar-refractivity contribution in [2.45, 2.75) is 0 Å². The molecule has 0 saturated heterocycles. The fraction of sp³-hybridized carbons (Fsp3) is 0.250. The average molecular weight is 299 g/mol. The average Bonchev–Trinajstić information content (AvgIpc) is 2.82. The summed E-state index contributed by atoms with van der Waals surface area (Å²) in [5.74, 6) is 1.07. The van der Waals surface area contributed by atoms with Crippen molar-refractivity contribution in [1.29, 1.82) is 0 Å². The maximum absolute atomic E-state index is 11.4. The first-order chi connectivity index (χ1) is 8.24. The summed E-state index contributed by atoms with van der Waals surface area (Å²) in [5.41, 5.74) is 1.42. The molecular weight excluding hydrogens is 288 g/mol. The second-order valence-corrected chi connectivity index (χ2v) is 3.97. The Kier molecular flexibility index (Phi) is 3.68. The van der Waals surface area contributed by atoms with E-state index in [0.29, 0.717) is 16.7 Å². The summed E-state index contributed by atoms with van der Waals surface area (Å²) in [6.07, 6.45) is 1.75. The molecule has 17 heavy (non-hydrogen) atoms. The van der Waals surface area contributed by atoms with Gasteiger partial charge in [0.15, 0.2) is 11.5 Å². The molecule has 1 aromatic carbocycles. The van der Waals surface area contributed by atoms with Crippen molar-refractivity contribution in [3.63, 3.8) is 0 Å². The SMILES string of the molecule is COC(=O)/C(=C/c1ccc2c(c1)OCO2)CBr. The van der Waals surface area contributed by atoms with Crippen molar-refractivity contribution in [3.05, 3.63) is 29.3 Å². The molecule has 0 atom stereocenters. The molecule has 1 heterocycles. The van der Waals surface area contributed by atoms with Gasteiger partial charge in [0.2, 0.25) is 6.79 Å². The molecule has 0 amide bonds. The molecule has 0 N–H and O–H groups in total. The van der Waals surface area contributed by atoms with E-state index in [0.717, 1.165) is 11.3 Å². The van der Waals surface area contributed by atoms with Crippen molar-refractivity contribution in [1.82, 2.24) is 0 Å². The molecule has 0 radical (unpaired) electrons. The molecule has 0 spiro atoms. The zero-order chi connectivity index (χ0) is 12.3. The van der Waals surface area contributed by atoms with Crippen LogP contribution in [0.15, 0.2) is 23.8 Å². The number of carbonyl (C=O) groups is 1. The lowest BCUT2D eigenvalue weighted by molar-refractivity contribution is -0.135. The fourth-order valence-electron chi connectivity index (χ4n) is 1.49. The smallest absolute Gasteiger partial charge is 0.334 e. The van der Waals surface area contributed by atoms with Gasteiger partial charge in [-0.1, -0.05) is 22.0 Å². The van der Waals surface area contributed by atoms with Crippen LogP contribution < -0.4 is 9.47 Å². The van der Waals surface area contributed by atoms with Gasteiger partial charge in [0.25, 0.3) is 0 Å². The molecule has 0 aromatic heterocycles. The lowest BCUT2D eigenvalue weighted by Crippen LogP contribution is -2.05. The number of hydrogen-bond acceptors (Lipinski definition) is 4. The molecule has 0 aliphatic carbocycles. The molecule has 1 aliphatic rings. The molecule has 5 heteroatoms. The highest BCUT2D eigenvalue weighted by Gasteiger charge is 2.14. The topological polar surface area (TPSA) is 44.8 Å². The van der Waals surface area contributed by atoms with Gasteiger partial charge in [-0.15, -0.1) is 0 Å². The lowest BCUT2D eigenvalue weighted by Gasteiger charge is -2.02. The number of benzene rings is 1. The molecule has 1 aliphatic heterocycles. The molecule has 90 valence electrons. The summed E-state index contributed by atoms with van der Waals surface area (Å²) < 4.78 is 15.1. The molecule has 0 saturated carbocycles. The molecular formula is C12H11BrO4. The van der Waals surface area contributed by atoms with Crippen molar-refractivity contribution < 1.29 is 19.0 Å². The van der Waals surface area contributed by atoms with Crippen LogP contribution in [-0.2, 0) is 9.53 Å². The number of alkyl halides is 1. The highest BCUT2D eigenvalue weighted by molar-refractivity contribution is 9.09. The summed E-state index contributed by atoms with van der Waals surface area (Å²) in [6, 6.07) is 5.50. The van der Waals surface area contributed by atoms with Crippen molar-refractivity contribution in [2.75, 3.05) is 19.2 Å². The maximum Gasteiger partial charge on any atom is 0.334 e. The maximum atomic E-state index is 11.4. The Balaban J connectivity index is 2.28. The molecule has 1 aromatic rings. The molecule has 2 rings (SSSR count).